The van der Waals surface area contributed by atoms with Gasteiger partial charge >= 0.3 is 0 Å². The van der Waals surface area contributed by atoms with Crippen molar-refractivity contribution in [2.45, 2.75) is 12.5 Å². The normalized spacial score (nSPS) is 15.6. The van der Waals surface area contributed by atoms with E-state index in [-0.39, 0.29) is 18.2 Å². The van der Waals surface area contributed by atoms with Crippen LogP contribution in [0.4, 0.5) is 5.69 Å². The lowest BCUT2D eigenvalue weighted by molar-refractivity contribution is -0.135. The Morgan fingerprint density at radius 1 is 1.17 bits per heavy atom. The molecule has 2 amide bonds. The molecule has 1 saturated heterocycles. The van der Waals surface area contributed by atoms with Crippen molar-refractivity contribution >= 4 is 29.3 Å². The maximum Gasteiger partial charge on any atom is 0.248 e. The number of hydrogen-bond acceptors (Lipinski definition) is 5. The summed E-state index contributed by atoms with van der Waals surface area (Å²) >= 11 is 1.56. The molecular formula is C22H19N5O2S. The molecule has 0 spiro atoms. The Morgan fingerprint density at radius 2 is 1.93 bits per heavy atom. The highest BCUT2D eigenvalue weighted by Gasteiger charge is 2.34. The predicted octanol–water partition coefficient (Wildman–Crippen LogP) is 2.83. The lowest BCUT2D eigenvalue weighted by atomic mass is 10.2. The third kappa shape index (κ3) is 4.36. The maximum absolute atomic E-state index is 12.9. The topological polar surface area (TPSA) is 91.0 Å². The number of benzene rings is 2. The van der Waals surface area contributed by atoms with Crippen LogP contribution in [0.15, 0.2) is 67.0 Å². The Kier molecular flexibility index (Phi) is 5.82. The van der Waals surface area contributed by atoms with E-state index >= 15 is 0 Å². The largest absolute Gasteiger partial charge is 0.324 e. The first kappa shape index (κ1) is 19.7. The van der Waals surface area contributed by atoms with Crippen LogP contribution in [-0.2, 0) is 16.0 Å². The number of anilines is 1. The summed E-state index contributed by atoms with van der Waals surface area (Å²) in [4.78, 5) is 27.2. The van der Waals surface area contributed by atoms with Crippen LogP contribution in [-0.4, -0.2) is 44.2 Å². The number of amides is 2. The zero-order valence-electron chi connectivity index (χ0n) is 16.1. The molecular weight excluding hydrogens is 398 g/mol. The van der Waals surface area contributed by atoms with Crippen molar-refractivity contribution in [1.82, 2.24) is 14.7 Å². The van der Waals surface area contributed by atoms with Crippen molar-refractivity contribution < 1.29 is 9.59 Å². The zero-order chi connectivity index (χ0) is 20.9. The Bertz CT molecular complexity index is 1090. The monoisotopic (exact) mass is 417 g/mol. The van der Waals surface area contributed by atoms with E-state index in [9.17, 15) is 9.59 Å². The van der Waals surface area contributed by atoms with Gasteiger partial charge in [0.25, 0.3) is 0 Å². The van der Waals surface area contributed by atoms with E-state index in [0.717, 1.165) is 11.3 Å². The number of thioether (sulfide) groups is 1. The van der Waals surface area contributed by atoms with Crippen molar-refractivity contribution in [1.29, 1.82) is 5.26 Å². The smallest absolute Gasteiger partial charge is 0.248 e. The van der Waals surface area contributed by atoms with Crippen molar-refractivity contribution in [2.75, 3.05) is 16.9 Å². The minimum absolute atomic E-state index is 0.104. The van der Waals surface area contributed by atoms with Gasteiger partial charge in [-0.15, -0.1) is 11.8 Å². The first-order valence-electron chi connectivity index (χ1n) is 9.41. The second kappa shape index (κ2) is 8.84. The number of para-hydroxylation sites is 1. The van der Waals surface area contributed by atoms with Crippen molar-refractivity contribution in [3.8, 4) is 11.8 Å². The molecule has 150 valence electrons. The van der Waals surface area contributed by atoms with Crippen molar-refractivity contribution in [2.24, 2.45) is 0 Å². The summed E-state index contributed by atoms with van der Waals surface area (Å²) in [5.41, 5.74) is 2.85. The molecule has 4 rings (SSSR count). The highest BCUT2D eigenvalue weighted by atomic mass is 32.2. The minimum atomic E-state index is -0.526. The van der Waals surface area contributed by atoms with Gasteiger partial charge in [0.15, 0.2) is 0 Å². The number of nitriles is 1. The lowest BCUT2D eigenvalue weighted by Crippen LogP contribution is -2.45. The molecule has 0 aliphatic carbocycles. The van der Waals surface area contributed by atoms with Crippen LogP contribution in [0.2, 0.25) is 0 Å². The minimum Gasteiger partial charge on any atom is -0.324 e. The van der Waals surface area contributed by atoms with Gasteiger partial charge in [0, 0.05) is 17.6 Å². The molecule has 1 aromatic heterocycles. The summed E-state index contributed by atoms with van der Waals surface area (Å²) < 4.78 is 1.73. The third-order valence-electron chi connectivity index (χ3n) is 4.80. The van der Waals surface area contributed by atoms with Crippen LogP contribution >= 0.6 is 11.8 Å². The molecule has 0 saturated carbocycles. The SMILES string of the molecule is N#Cc1ccc(NC(=O)C2CSCN2C(=O)Cc2cnn(-c3ccccc3)c2)cc1. The van der Waals surface area contributed by atoms with Crippen LogP contribution in [0, 0.1) is 11.3 Å². The van der Waals surface area contributed by atoms with Gasteiger partial charge < -0.3 is 10.2 Å². The fourth-order valence-electron chi connectivity index (χ4n) is 3.21. The van der Waals surface area contributed by atoms with Crippen LogP contribution in [0.3, 0.4) is 0 Å². The number of nitrogens with zero attached hydrogens (tertiary/aromatic N) is 4. The fraction of sp³-hybridized carbons (Fsp3) is 0.182. The molecule has 30 heavy (non-hydrogen) atoms. The van der Waals surface area contributed by atoms with Gasteiger partial charge in [0.05, 0.1) is 35.8 Å². The summed E-state index contributed by atoms with van der Waals surface area (Å²) in [7, 11) is 0. The van der Waals surface area contributed by atoms with E-state index in [0.29, 0.717) is 22.9 Å². The quantitative estimate of drug-likeness (QED) is 0.689. The fourth-order valence-corrected chi connectivity index (χ4v) is 4.39. The molecule has 1 unspecified atom stereocenters. The van der Waals surface area contributed by atoms with Crippen LogP contribution in [0.25, 0.3) is 5.69 Å². The van der Waals surface area contributed by atoms with Gasteiger partial charge in [0.2, 0.25) is 11.8 Å². The third-order valence-corrected chi connectivity index (χ3v) is 5.81. The molecule has 2 heterocycles. The second-order valence-corrected chi connectivity index (χ2v) is 7.86. The first-order valence-corrected chi connectivity index (χ1v) is 10.6. The highest BCUT2D eigenvalue weighted by molar-refractivity contribution is 7.99. The van der Waals surface area contributed by atoms with E-state index < -0.39 is 6.04 Å². The average Bonchev–Trinajstić information content (AvgIpc) is 3.45. The summed E-state index contributed by atoms with van der Waals surface area (Å²) in [6.07, 6.45) is 3.70. The second-order valence-electron chi connectivity index (χ2n) is 6.86. The van der Waals surface area contributed by atoms with Gasteiger partial charge in [-0.1, -0.05) is 18.2 Å². The Labute approximate surface area is 178 Å². The molecule has 3 aromatic rings. The molecule has 1 N–H and O–H groups in total. The Hall–Kier alpha value is -3.57. The molecule has 0 radical (unpaired) electrons. The van der Waals surface area contributed by atoms with Gasteiger partial charge in [-0.25, -0.2) is 4.68 Å². The van der Waals surface area contributed by atoms with E-state index in [4.69, 9.17) is 5.26 Å². The molecule has 2 aromatic carbocycles. The Morgan fingerprint density at radius 3 is 2.67 bits per heavy atom. The predicted molar refractivity (Wildman–Crippen MR) is 115 cm³/mol. The number of rotatable bonds is 5. The van der Waals surface area contributed by atoms with E-state index in [1.54, 1.807) is 51.8 Å². The standard InChI is InChI=1S/C22H19N5O2S/c23-11-16-6-8-18(9-7-16)25-22(29)20-14-30-15-26(20)21(28)10-17-12-24-27(13-17)19-4-2-1-3-5-19/h1-9,12-13,20H,10,14-15H2,(H,25,29). The summed E-state index contributed by atoms with van der Waals surface area (Å²) in [5, 5.41) is 16.0. The average molecular weight is 417 g/mol. The number of hydrogen-bond donors (Lipinski definition) is 1. The molecule has 7 nitrogen and oxygen atoms in total. The summed E-state index contributed by atoms with van der Waals surface area (Å²) in [5.74, 6) is 0.708. The first-order chi connectivity index (χ1) is 14.6. The Balaban J connectivity index is 1.40. The lowest BCUT2D eigenvalue weighted by Gasteiger charge is -2.23. The number of carbonyl (C=O) groups excluding carboxylic acids is 2. The number of carbonyl (C=O) groups is 2. The van der Waals surface area contributed by atoms with Crippen LogP contribution in [0.1, 0.15) is 11.1 Å². The zero-order valence-corrected chi connectivity index (χ0v) is 16.9. The maximum atomic E-state index is 12.9. The van der Waals surface area contributed by atoms with Crippen LogP contribution < -0.4 is 5.32 Å². The van der Waals surface area contributed by atoms with E-state index in [1.165, 1.54) is 0 Å². The highest BCUT2D eigenvalue weighted by Crippen LogP contribution is 2.23. The number of nitrogens with one attached hydrogen (secondary N) is 1. The summed E-state index contributed by atoms with van der Waals surface area (Å²) in [6, 6.07) is 17.9. The van der Waals surface area contributed by atoms with E-state index in [2.05, 4.69) is 10.4 Å². The van der Waals surface area contributed by atoms with Gasteiger partial charge in [-0.05, 0) is 42.0 Å². The molecule has 8 heteroatoms. The number of aromatic nitrogens is 2. The molecule has 0 bridgehead atoms. The molecule has 1 aliphatic rings. The van der Waals surface area contributed by atoms with E-state index in [1.807, 2.05) is 42.6 Å². The van der Waals surface area contributed by atoms with Crippen molar-refractivity contribution in [3.05, 3.63) is 78.1 Å². The van der Waals surface area contributed by atoms with Gasteiger partial charge in [0.1, 0.15) is 6.04 Å². The molecule has 1 aliphatic heterocycles. The van der Waals surface area contributed by atoms with Crippen LogP contribution in [0.5, 0.6) is 0 Å². The molecule has 1 atom stereocenters. The molecule has 1 fully saturated rings. The summed E-state index contributed by atoms with van der Waals surface area (Å²) in [6.45, 7) is 0. The van der Waals surface area contributed by atoms with Gasteiger partial charge in [-0.2, -0.15) is 10.4 Å². The van der Waals surface area contributed by atoms with Crippen molar-refractivity contribution in [3.63, 3.8) is 0 Å². The van der Waals surface area contributed by atoms with Gasteiger partial charge in [-0.3, -0.25) is 9.59 Å².